The zero-order valence-corrected chi connectivity index (χ0v) is 12.5. The first kappa shape index (κ1) is 14.4. The van der Waals surface area contributed by atoms with Crippen LogP contribution in [0.3, 0.4) is 0 Å². The number of morpholine rings is 1. The van der Waals surface area contributed by atoms with Crippen LogP contribution in [0.1, 0.15) is 17.5 Å². The molecule has 1 aromatic rings. The number of rotatable bonds is 4. The van der Waals surface area contributed by atoms with E-state index in [1.807, 2.05) is 0 Å². The summed E-state index contributed by atoms with van der Waals surface area (Å²) in [5.41, 5.74) is 2.74. The SMILES string of the molecule is c1ccc(CN2CCOCC2)c(CNC2=NCCCN2)c1. The second-order valence-electron chi connectivity index (χ2n) is 5.52. The van der Waals surface area contributed by atoms with Crippen molar-refractivity contribution >= 4 is 5.96 Å². The van der Waals surface area contributed by atoms with Gasteiger partial charge in [0.15, 0.2) is 5.96 Å². The van der Waals surface area contributed by atoms with Crippen LogP contribution in [-0.2, 0) is 17.8 Å². The maximum Gasteiger partial charge on any atom is 0.191 e. The molecule has 0 spiro atoms. The van der Waals surface area contributed by atoms with Crippen molar-refractivity contribution in [2.45, 2.75) is 19.5 Å². The summed E-state index contributed by atoms with van der Waals surface area (Å²) in [5, 5.41) is 6.71. The van der Waals surface area contributed by atoms with Gasteiger partial charge >= 0.3 is 0 Å². The van der Waals surface area contributed by atoms with E-state index in [9.17, 15) is 0 Å². The molecule has 5 heteroatoms. The van der Waals surface area contributed by atoms with Gasteiger partial charge in [0.05, 0.1) is 13.2 Å². The molecule has 1 aromatic carbocycles. The third-order valence-electron chi connectivity index (χ3n) is 3.96. The van der Waals surface area contributed by atoms with E-state index < -0.39 is 0 Å². The Morgan fingerprint density at radius 1 is 1.19 bits per heavy atom. The van der Waals surface area contributed by atoms with Gasteiger partial charge in [-0.05, 0) is 17.5 Å². The van der Waals surface area contributed by atoms with Gasteiger partial charge in [0.25, 0.3) is 0 Å². The van der Waals surface area contributed by atoms with E-state index in [0.717, 1.165) is 64.9 Å². The quantitative estimate of drug-likeness (QED) is 0.866. The van der Waals surface area contributed by atoms with E-state index in [0.29, 0.717) is 0 Å². The summed E-state index contributed by atoms with van der Waals surface area (Å²) in [5.74, 6) is 0.933. The average molecular weight is 288 g/mol. The molecule has 114 valence electrons. The molecule has 0 aliphatic carbocycles. The number of hydrogen-bond donors (Lipinski definition) is 2. The van der Waals surface area contributed by atoms with Crippen LogP contribution in [0.4, 0.5) is 0 Å². The standard InChI is InChI=1S/C16H24N4O/c1-2-5-15(13-20-8-10-21-11-9-20)14(4-1)12-19-16-17-6-3-7-18-16/h1-2,4-5H,3,6-13H2,(H2,17,18,19). The lowest BCUT2D eigenvalue weighted by atomic mass is 10.1. The van der Waals surface area contributed by atoms with Crippen molar-refractivity contribution in [1.29, 1.82) is 0 Å². The van der Waals surface area contributed by atoms with Crippen molar-refractivity contribution in [1.82, 2.24) is 15.5 Å². The van der Waals surface area contributed by atoms with Crippen LogP contribution in [0.15, 0.2) is 29.3 Å². The summed E-state index contributed by atoms with van der Waals surface area (Å²) < 4.78 is 5.42. The zero-order valence-electron chi connectivity index (χ0n) is 12.5. The van der Waals surface area contributed by atoms with E-state index in [1.54, 1.807) is 0 Å². The number of aliphatic imine (C=N–C) groups is 1. The fraction of sp³-hybridized carbons (Fsp3) is 0.562. The molecule has 3 rings (SSSR count). The van der Waals surface area contributed by atoms with Crippen molar-refractivity contribution in [3.05, 3.63) is 35.4 Å². The van der Waals surface area contributed by atoms with E-state index in [4.69, 9.17) is 4.74 Å². The topological polar surface area (TPSA) is 48.9 Å². The Balaban J connectivity index is 1.60. The lowest BCUT2D eigenvalue weighted by molar-refractivity contribution is 0.0341. The molecule has 5 nitrogen and oxygen atoms in total. The van der Waals surface area contributed by atoms with Gasteiger partial charge in [0.2, 0.25) is 0 Å². The summed E-state index contributed by atoms with van der Waals surface area (Å²) in [7, 11) is 0. The summed E-state index contributed by atoms with van der Waals surface area (Å²) in [6.45, 7) is 7.51. The molecule has 0 atom stereocenters. The molecule has 1 saturated heterocycles. The number of guanidine groups is 1. The molecule has 0 bridgehead atoms. The van der Waals surface area contributed by atoms with Crippen LogP contribution in [-0.4, -0.2) is 50.3 Å². The predicted molar refractivity (Wildman–Crippen MR) is 84.3 cm³/mol. The van der Waals surface area contributed by atoms with Gasteiger partial charge in [-0.15, -0.1) is 0 Å². The van der Waals surface area contributed by atoms with Crippen LogP contribution < -0.4 is 10.6 Å². The van der Waals surface area contributed by atoms with Crippen LogP contribution in [0.2, 0.25) is 0 Å². The highest BCUT2D eigenvalue weighted by molar-refractivity contribution is 5.80. The molecule has 0 saturated carbocycles. The lowest BCUT2D eigenvalue weighted by Gasteiger charge is -2.27. The molecule has 2 heterocycles. The normalized spacial score (nSPS) is 19.7. The molecule has 21 heavy (non-hydrogen) atoms. The molecule has 0 unspecified atom stereocenters. The van der Waals surface area contributed by atoms with Gasteiger partial charge in [-0.2, -0.15) is 0 Å². The fourth-order valence-electron chi connectivity index (χ4n) is 2.71. The highest BCUT2D eigenvalue weighted by Gasteiger charge is 2.13. The van der Waals surface area contributed by atoms with Gasteiger partial charge in [-0.25, -0.2) is 0 Å². The van der Waals surface area contributed by atoms with Crippen LogP contribution >= 0.6 is 0 Å². The number of nitrogens with one attached hydrogen (secondary N) is 2. The first-order valence-corrected chi connectivity index (χ1v) is 7.81. The third kappa shape index (κ3) is 4.19. The highest BCUT2D eigenvalue weighted by atomic mass is 16.5. The van der Waals surface area contributed by atoms with E-state index in [-0.39, 0.29) is 0 Å². The Morgan fingerprint density at radius 3 is 2.76 bits per heavy atom. The van der Waals surface area contributed by atoms with Crippen molar-refractivity contribution in [3.63, 3.8) is 0 Å². The maximum absolute atomic E-state index is 5.42. The molecule has 1 fully saturated rings. The van der Waals surface area contributed by atoms with Gasteiger partial charge in [0.1, 0.15) is 0 Å². The van der Waals surface area contributed by atoms with Crippen molar-refractivity contribution in [2.75, 3.05) is 39.4 Å². The fourth-order valence-corrected chi connectivity index (χ4v) is 2.71. The molecule has 2 aliphatic heterocycles. The first-order chi connectivity index (χ1) is 10.4. The summed E-state index contributed by atoms with van der Waals surface area (Å²) in [6, 6.07) is 8.65. The minimum atomic E-state index is 0.826. The average Bonchev–Trinajstić information content (AvgIpc) is 2.56. The monoisotopic (exact) mass is 288 g/mol. The maximum atomic E-state index is 5.42. The molecule has 2 aliphatic rings. The molecule has 0 radical (unpaired) electrons. The summed E-state index contributed by atoms with van der Waals surface area (Å²) >= 11 is 0. The highest BCUT2D eigenvalue weighted by Crippen LogP contribution is 2.13. The summed E-state index contributed by atoms with van der Waals surface area (Å²) in [4.78, 5) is 6.91. The summed E-state index contributed by atoms with van der Waals surface area (Å²) in [6.07, 6.45) is 1.12. The molecular formula is C16H24N4O. The Morgan fingerprint density at radius 2 is 2.00 bits per heavy atom. The number of ether oxygens (including phenoxy) is 1. The second-order valence-corrected chi connectivity index (χ2v) is 5.52. The second kappa shape index (κ2) is 7.43. The third-order valence-corrected chi connectivity index (χ3v) is 3.96. The predicted octanol–water partition coefficient (Wildman–Crippen LogP) is 0.958. The van der Waals surface area contributed by atoms with Crippen molar-refractivity contribution in [3.8, 4) is 0 Å². The Hall–Kier alpha value is -1.59. The van der Waals surface area contributed by atoms with E-state index >= 15 is 0 Å². The zero-order chi connectivity index (χ0) is 14.3. The molecule has 2 N–H and O–H groups in total. The lowest BCUT2D eigenvalue weighted by Crippen LogP contribution is -2.40. The van der Waals surface area contributed by atoms with Crippen LogP contribution in [0.25, 0.3) is 0 Å². The van der Waals surface area contributed by atoms with Gasteiger partial charge in [-0.3, -0.25) is 9.89 Å². The Kier molecular flexibility index (Phi) is 5.08. The number of nitrogens with zero attached hydrogens (tertiary/aromatic N) is 2. The van der Waals surface area contributed by atoms with Gasteiger partial charge < -0.3 is 15.4 Å². The Labute approximate surface area is 126 Å². The minimum absolute atomic E-state index is 0.826. The number of hydrogen-bond acceptors (Lipinski definition) is 5. The van der Waals surface area contributed by atoms with E-state index in [2.05, 4.69) is 44.8 Å². The first-order valence-electron chi connectivity index (χ1n) is 7.81. The number of benzene rings is 1. The van der Waals surface area contributed by atoms with Crippen molar-refractivity contribution < 1.29 is 4.74 Å². The van der Waals surface area contributed by atoms with Gasteiger partial charge in [-0.1, -0.05) is 24.3 Å². The van der Waals surface area contributed by atoms with Crippen LogP contribution in [0.5, 0.6) is 0 Å². The molecule has 0 amide bonds. The van der Waals surface area contributed by atoms with Gasteiger partial charge in [0, 0.05) is 39.3 Å². The smallest absolute Gasteiger partial charge is 0.191 e. The Bertz CT molecular complexity index is 483. The van der Waals surface area contributed by atoms with Crippen molar-refractivity contribution in [2.24, 2.45) is 4.99 Å². The largest absolute Gasteiger partial charge is 0.379 e. The molecular weight excluding hydrogens is 264 g/mol. The molecule has 0 aromatic heterocycles. The minimum Gasteiger partial charge on any atom is -0.379 e. The van der Waals surface area contributed by atoms with E-state index in [1.165, 1.54) is 11.1 Å². The van der Waals surface area contributed by atoms with Crippen LogP contribution in [0, 0.1) is 0 Å².